The van der Waals surface area contributed by atoms with Crippen LogP contribution in [0.2, 0.25) is 0 Å². The number of nitrogens with zero attached hydrogens (tertiary/aromatic N) is 2. The highest BCUT2D eigenvalue weighted by Crippen LogP contribution is 2.14. The molecule has 0 spiro atoms. The van der Waals surface area contributed by atoms with Crippen LogP contribution in [0.25, 0.3) is 0 Å². The molecule has 3 aromatic rings. The Morgan fingerprint density at radius 1 is 0.606 bits per heavy atom. The van der Waals surface area contributed by atoms with Crippen LogP contribution in [0.1, 0.15) is 82.9 Å². The minimum absolute atomic E-state index is 0.00519. The number of carboxylic acid groups (broad SMARTS) is 1. The number of carbonyl (C=O) groups is 6. The maximum atomic E-state index is 14.2. The lowest BCUT2D eigenvalue weighted by Gasteiger charge is -2.29. The van der Waals surface area contributed by atoms with Crippen molar-refractivity contribution in [3.8, 4) is 0 Å². The van der Waals surface area contributed by atoms with Crippen molar-refractivity contribution in [2.24, 2.45) is 44.8 Å². The zero-order chi connectivity index (χ0) is 53.1. The molecule has 0 fully saturated rings. The average molecular weight is 1010 g/mol. The highest BCUT2D eigenvalue weighted by molar-refractivity contribution is 7.85. The molecule has 7 atom stereocenters. The second-order valence-corrected chi connectivity index (χ2v) is 18.3. The van der Waals surface area contributed by atoms with Gasteiger partial charge in [0.1, 0.15) is 36.8 Å². The smallest absolute Gasteiger partial charge is 0.408 e. The number of benzene rings is 3. The number of guanidine groups is 2. The lowest BCUT2D eigenvalue weighted by atomic mass is 9.96. The third-order valence-electron chi connectivity index (χ3n) is 11.1. The number of aliphatic carboxylic acids is 1. The van der Waals surface area contributed by atoms with E-state index in [0.29, 0.717) is 24.8 Å². The van der Waals surface area contributed by atoms with Crippen LogP contribution in [0.3, 0.4) is 0 Å². The highest BCUT2D eigenvalue weighted by Gasteiger charge is 2.35. The number of aliphatic imine (C=N–C) groups is 2. The van der Waals surface area contributed by atoms with E-state index in [1.165, 1.54) is 12.1 Å². The third kappa shape index (κ3) is 23.3. The number of alkyl carbamates (subject to hydrolysis) is 1. The van der Waals surface area contributed by atoms with Crippen molar-refractivity contribution in [1.29, 1.82) is 0 Å². The molecule has 3 aromatic carbocycles. The molecule has 0 aliphatic heterocycles. The van der Waals surface area contributed by atoms with Gasteiger partial charge >= 0.3 is 12.1 Å². The van der Waals surface area contributed by atoms with E-state index in [0.717, 1.165) is 11.1 Å². The maximum absolute atomic E-state index is 14.2. The molecule has 71 heavy (non-hydrogen) atoms. The minimum Gasteiger partial charge on any atom is -0.480 e. The van der Waals surface area contributed by atoms with Gasteiger partial charge in [-0.2, -0.15) is 8.42 Å². The summed E-state index contributed by atoms with van der Waals surface area (Å²) in [6, 6.07) is 17.7. The zero-order valence-electron chi connectivity index (χ0n) is 40.9. The molecule has 390 valence electrons. The summed E-state index contributed by atoms with van der Waals surface area (Å²) in [5, 5.41) is 23.2. The van der Waals surface area contributed by atoms with Crippen LogP contribution in [-0.2, 0) is 51.9 Å². The summed E-state index contributed by atoms with van der Waals surface area (Å²) >= 11 is 0. The number of rotatable bonds is 27. The van der Waals surface area contributed by atoms with Crippen molar-refractivity contribution < 1.29 is 51.6 Å². The number of amides is 5. The Balaban J connectivity index is 0.00000137. The number of carboxylic acids is 1. The number of nitrogens with one attached hydrogen (secondary N) is 5. The van der Waals surface area contributed by atoms with Gasteiger partial charge in [-0.25, -0.2) is 9.59 Å². The fourth-order valence-electron chi connectivity index (χ4n) is 6.65. The van der Waals surface area contributed by atoms with Crippen LogP contribution in [0, 0.1) is 18.8 Å². The molecular formula is C48H71N11O11S. The number of hydrogen-bond acceptors (Lipinski definition) is 11. The van der Waals surface area contributed by atoms with Crippen molar-refractivity contribution in [3.63, 3.8) is 0 Å². The summed E-state index contributed by atoms with van der Waals surface area (Å²) in [5.74, 6) is -5.26. The van der Waals surface area contributed by atoms with Crippen molar-refractivity contribution in [2.45, 2.75) is 121 Å². The van der Waals surface area contributed by atoms with Crippen LogP contribution >= 0.6 is 0 Å². The molecule has 0 heterocycles. The summed E-state index contributed by atoms with van der Waals surface area (Å²) in [6.45, 7) is 9.14. The molecule has 0 saturated carbocycles. The second-order valence-electron chi connectivity index (χ2n) is 16.8. The van der Waals surface area contributed by atoms with Crippen molar-refractivity contribution in [2.75, 3.05) is 13.1 Å². The van der Waals surface area contributed by atoms with Gasteiger partial charge in [-0.15, -0.1) is 0 Å². The van der Waals surface area contributed by atoms with Crippen LogP contribution in [-0.4, -0.2) is 109 Å². The first-order valence-electron chi connectivity index (χ1n) is 23.2. The average Bonchev–Trinajstić information content (AvgIpc) is 3.33. The molecule has 0 aliphatic carbocycles. The SMILES string of the molecule is CCC(C)C(NC(=O)C(CCCN=C(N)N)NC(=O)C(Cc1ccccc1)NC(=O)C(NC(=O)C(CCCN=C(N)N)NC(=O)OCc1ccccc1)C(C)CC)C(=O)O.Cc1ccc(S(=O)(=O)O)cc1. The number of aryl methyl sites for hydroxylation is 1. The van der Waals surface area contributed by atoms with Gasteiger partial charge in [0.25, 0.3) is 10.1 Å². The number of ether oxygens (including phenoxy) is 1. The molecule has 7 unspecified atom stereocenters. The summed E-state index contributed by atoms with van der Waals surface area (Å²) in [7, 11) is -4.02. The molecule has 23 heteroatoms. The van der Waals surface area contributed by atoms with Gasteiger partial charge in [0.15, 0.2) is 11.9 Å². The van der Waals surface area contributed by atoms with Crippen molar-refractivity contribution in [1.82, 2.24) is 26.6 Å². The minimum atomic E-state index is -4.02. The molecule has 15 N–H and O–H groups in total. The first kappa shape index (κ1) is 59.9. The first-order valence-corrected chi connectivity index (χ1v) is 24.6. The van der Waals surface area contributed by atoms with E-state index in [9.17, 15) is 42.3 Å². The van der Waals surface area contributed by atoms with Gasteiger partial charge in [-0.1, -0.05) is 119 Å². The first-order chi connectivity index (χ1) is 33.6. The largest absolute Gasteiger partial charge is 0.480 e. The predicted octanol–water partition coefficient (Wildman–Crippen LogP) is 1.99. The topological polar surface area (TPSA) is 375 Å². The molecule has 0 radical (unpaired) electrons. The number of nitrogens with two attached hydrogens (primary N) is 4. The normalized spacial score (nSPS) is 13.8. The summed E-state index contributed by atoms with van der Waals surface area (Å²) in [6.07, 6.45) is 0.693. The van der Waals surface area contributed by atoms with Gasteiger partial charge in [-0.3, -0.25) is 33.7 Å². The van der Waals surface area contributed by atoms with Crippen LogP contribution in [0.15, 0.2) is 99.8 Å². The van der Waals surface area contributed by atoms with Crippen LogP contribution in [0.5, 0.6) is 0 Å². The molecule has 3 rings (SSSR count). The Labute approximate surface area is 415 Å². The fourth-order valence-corrected chi connectivity index (χ4v) is 7.13. The molecule has 0 aliphatic rings. The van der Waals surface area contributed by atoms with Gasteiger partial charge in [0, 0.05) is 19.5 Å². The van der Waals surface area contributed by atoms with Crippen LogP contribution in [0.4, 0.5) is 4.79 Å². The zero-order valence-corrected chi connectivity index (χ0v) is 41.7. The van der Waals surface area contributed by atoms with E-state index in [1.807, 2.05) is 19.9 Å². The quantitative estimate of drug-likeness (QED) is 0.0225. The van der Waals surface area contributed by atoms with Crippen molar-refractivity contribution in [3.05, 3.63) is 102 Å². The Kier molecular flexibility index (Phi) is 26.2. The van der Waals surface area contributed by atoms with Crippen LogP contribution < -0.4 is 49.5 Å². The second kappa shape index (κ2) is 31.1. The van der Waals surface area contributed by atoms with Gasteiger partial charge in [-0.05, 0) is 67.7 Å². The lowest BCUT2D eigenvalue weighted by molar-refractivity contribution is -0.144. The van der Waals surface area contributed by atoms with E-state index >= 15 is 0 Å². The molecule has 22 nitrogen and oxygen atoms in total. The van der Waals surface area contributed by atoms with Crippen molar-refractivity contribution >= 4 is 57.7 Å². The van der Waals surface area contributed by atoms with E-state index in [1.54, 1.807) is 87.5 Å². The summed E-state index contributed by atoms with van der Waals surface area (Å²) < 4.78 is 34.9. The van der Waals surface area contributed by atoms with E-state index < -0.39 is 87.9 Å². The van der Waals surface area contributed by atoms with E-state index in [4.69, 9.17) is 32.2 Å². The summed E-state index contributed by atoms with van der Waals surface area (Å²) in [5.41, 5.74) is 24.2. The molecule has 0 saturated heterocycles. The Morgan fingerprint density at radius 2 is 1.04 bits per heavy atom. The highest BCUT2D eigenvalue weighted by atomic mass is 32.2. The van der Waals surface area contributed by atoms with Gasteiger partial charge in [0.05, 0.1) is 4.90 Å². The fraction of sp³-hybridized carbons (Fsp3) is 0.458. The Bertz CT molecular complexity index is 2330. The Morgan fingerprint density at radius 3 is 1.51 bits per heavy atom. The van der Waals surface area contributed by atoms with E-state index in [2.05, 4.69) is 36.6 Å². The molecule has 5 amide bonds. The van der Waals surface area contributed by atoms with E-state index in [-0.39, 0.29) is 62.2 Å². The summed E-state index contributed by atoms with van der Waals surface area (Å²) in [4.78, 5) is 88.6. The van der Waals surface area contributed by atoms with Gasteiger partial charge in [0.2, 0.25) is 23.6 Å². The van der Waals surface area contributed by atoms with Gasteiger partial charge < -0.3 is 59.4 Å². The lowest BCUT2D eigenvalue weighted by Crippen LogP contribution is -2.60. The standard InChI is InChI=1S/C41H63N11O8.C7H8O3S/c1-5-25(3)32(51-35(54)30(20-14-22-47-40(44)45)50-41(59)60-24-28-17-11-8-12-18-28)37(56)49-31(23-27-15-9-7-10-16-27)36(55)48-29(19-13-21-46-39(42)43)34(53)52-33(38(57)58)26(4)6-2;1-6-2-4-7(5-3-6)11(8,9)10/h7-12,15-18,25-26,29-33H,5-6,13-14,19-24H2,1-4H3,(H,48,55)(H,49,56)(H,50,59)(H,51,54)(H,52,53)(H,57,58)(H4,42,43,46)(H4,44,45,47);2-5H,1H3,(H,8,9,10). The third-order valence-corrected chi connectivity index (χ3v) is 12.0. The predicted molar refractivity (Wildman–Crippen MR) is 269 cm³/mol. The number of hydrogen-bond donors (Lipinski definition) is 11. The maximum Gasteiger partial charge on any atom is 0.408 e. The molecule has 0 aromatic heterocycles. The Hall–Kier alpha value is -7.27. The molecular weight excluding hydrogens is 939 g/mol. The monoisotopic (exact) mass is 1010 g/mol. The number of carbonyl (C=O) groups excluding carboxylic acids is 5. The molecule has 0 bridgehead atoms.